The minimum atomic E-state index is -0.789. The second kappa shape index (κ2) is 11.0. The van der Waals surface area contributed by atoms with Crippen molar-refractivity contribution in [1.82, 2.24) is 14.1 Å². The number of hydrogen-bond acceptors (Lipinski definition) is 5. The second-order valence-electron chi connectivity index (χ2n) is 10.7. The molecule has 1 atom stereocenters. The summed E-state index contributed by atoms with van der Waals surface area (Å²) >= 11 is 6.14. The van der Waals surface area contributed by atoms with Crippen LogP contribution in [-0.4, -0.2) is 25.9 Å². The van der Waals surface area contributed by atoms with Crippen LogP contribution in [0.4, 0.5) is 15.9 Å². The van der Waals surface area contributed by atoms with E-state index >= 15 is 0 Å². The van der Waals surface area contributed by atoms with Crippen LogP contribution >= 0.6 is 11.6 Å². The summed E-state index contributed by atoms with van der Waals surface area (Å²) in [5.41, 5.74) is 0.924. The number of fused-ring (bicyclic) bond motifs is 3. The Kier molecular flexibility index (Phi) is 7.59. The van der Waals surface area contributed by atoms with E-state index in [0.717, 1.165) is 31.9 Å². The molecule has 2 amide bonds. The van der Waals surface area contributed by atoms with E-state index < -0.39 is 41.0 Å². The van der Waals surface area contributed by atoms with Crippen LogP contribution in [0.3, 0.4) is 0 Å². The van der Waals surface area contributed by atoms with E-state index in [0.29, 0.717) is 24.3 Å². The van der Waals surface area contributed by atoms with E-state index in [-0.39, 0.29) is 22.1 Å². The minimum Gasteiger partial charge on any atom is -0.325 e. The Morgan fingerprint density at radius 2 is 1.98 bits per heavy atom. The van der Waals surface area contributed by atoms with Crippen molar-refractivity contribution in [3.63, 3.8) is 0 Å². The van der Waals surface area contributed by atoms with E-state index in [2.05, 4.69) is 22.2 Å². The molecule has 9 nitrogen and oxygen atoms in total. The van der Waals surface area contributed by atoms with Gasteiger partial charge in [0.2, 0.25) is 11.8 Å². The third kappa shape index (κ3) is 4.92. The van der Waals surface area contributed by atoms with Gasteiger partial charge in [-0.2, -0.15) is 0 Å². The summed E-state index contributed by atoms with van der Waals surface area (Å²) < 4.78 is 16.4. The second-order valence-corrected chi connectivity index (χ2v) is 11.1. The number of pyridine rings is 1. The number of amides is 2. The smallest absolute Gasteiger partial charge is 0.325 e. The number of nitrogens with one attached hydrogen (secondary N) is 2. The molecule has 3 aromatic rings. The van der Waals surface area contributed by atoms with Gasteiger partial charge in [0.1, 0.15) is 18.2 Å². The van der Waals surface area contributed by atoms with E-state index in [1.807, 2.05) is 24.3 Å². The van der Waals surface area contributed by atoms with Crippen molar-refractivity contribution in [3.8, 4) is 0 Å². The first-order chi connectivity index (χ1) is 20.0. The molecule has 0 saturated carbocycles. The lowest BCUT2D eigenvalue weighted by Crippen LogP contribution is -2.43. The van der Waals surface area contributed by atoms with Gasteiger partial charge in [-0.25, -0.2) is 14.2 Å². The van der Waals surface area contributed by atoms with Crippen LogP contribution < -0.4 is 21.9 Å². The van der Waals surface area contributed by atoms with E-state index in [4.69, 9.17) is 11.6 Å². The highest BCUT2D eigenvalue weighted by atomic mass is 35.5. The maximum absolute atomic E-state index is 14.4. The number of carbonyl (C=O) groups excluding carboxylic acids is 2. The van der Waals surface area contributed by atoms with Crippen LogP contribution in [0.1, 0.15) is 49.1 Å². The predicted molar refractivity (Wildman–Crippen MR) is 160 cm³/mol. The van der Waals surface area contributed by atoms with Gasteiger partial charge in [-0.15, -0.1) is 0 Å². The normalized spacial score (nSPS) is 17.8. The highest BCUT2D eigenvalue weighted by molar-refractivity contribution is 6.37. The van der Waals surface area contributed by atoms with Crippen LogP contribution in [0, 0.1) is 0 Å². The standard InChI is InChI=1S/C31H29ClFN5O4/c1-5-7-24(33)26(32)18(4)22-15-37(30(42)38(17(2)3)28(22)40)16-25(39)35-21-10-9-19-13-31(14-20(19)12-21)23-8-6-11-34-27(23)36-29(31)41/h5-12,15,17H,4,13-14,16H2,1-3H3,(H,35,39)(H,34,36,41)/b7-5-,26-24-/t31-/m1/s1. The Morgan fingerprint density at radius 1 is 1.24 bits per heavy atom. The number of allylic oxidation sites excluding steroid dienone is 5. The van der Waals surface area contributed by atoms with Crippen LogP contribution in [0.2, 0.25) is 0 Å². The van der Waals surface area contributed by atoms with Gasteiger partial charge in [0, 0.05) is 35.3 Å². The maximum Gasteiger partial charge on any atom is 0.331 e. The van der Waals surface area contributed by atoms with Crippen molar-refractivity contribution in [3.05, 3.63) is 115 Å². The Hall–Kier alpha value is -4.57. The molecule has 0 bridgehead atoms. The number of halogens is 2. The maximum atomic E-state index is 14.4. The molecule has 1 aliphatic heterocycles. The Labute approximate surface area is 246 Å². The van der Waals surface area contributed by atoms with Gasteiger partial charge >= 0.3 is 5.69 Å². The monoisotopic (exact) mass is 589 g/mol. The van der Waals surface area contributed by atoms with Crippen molar-refractivity contribution >= 4 is 40.5 Å². The van der Waals surface area contributed by atoms with Gasteiger partial charge in [0.15, 0.2) is 0 Å². The summed E-state index contributed by atoms with van der Waals surface area (Å²) in [5.74, 6) is -0.843. The average molecular weight is 590 g/mol. The fourth-order valence-electron chi connectivity index (χ4n) is 5.58. The molecular weight excluding hydrogens is 561 g/mol. The lowest BCUT2D eigenvalue weighted by Gasteiger charge is -2.20. The minimum absolute atomic E-state index is 0.101. The van der Waals surface area contributed by atoms with Gasteiger partial charge in [-0.1, -0.05) is 36.4 Å². The number of nitrogens with zero attached hydrogens (tertiary/aromatic N) is 3. The first kappa shape index (κ1) is 28.9. The summed E-state index contributed by atoms with van der Waals surface area (Å²) in [4.78, 5) is 56.7. The van der Waals surface area contributed by atoms with E-state index in [9.17, 15) is 23.6 Å². The summed E-state index contributed by atoms with van der Waals surface area (Å²) in [6, 6.07) is 8.61. The number of hydrogen-bond donors (Lipinski definition) is 2. The SMILES string of the molecule is C=C(/C(Cl)=C(F)\C=C/C)c1cn(CC(=O)Nc2ccc3c(c2)C[C@@]2(C3)C(=O)Nc3ncccc32)c(=O)n(C(C)C)c1=O. The van der Waals surface area contributed by atoms with Crippen molar-refractivity contribution < 1.29 is 14.0 Å². The molecule has 5 rings (SSSR count). The summed E-state index contributed by atoms with van der Waals surface area (Å²) in [7, 11) is 0. The molecule has 0 unspecified atom stereocenters. The van der Waals surface area contributed by atoms with Gasteiger partial charge < -0.3 is 10.6 Å². The largest absolute Gasteiger partial charge is 0.331 e. The molecule has 0 saturated heterocycles. The average Bonchev–Trinajstić information content (AvgIpc) is 3.46. The third-order valence-electron chi connectivity index (χ3n) is 7.59. The quantitative estimate of drug-likeness (QED) is 0.390. The molecule has 2 N–H and O–H groups in total. The number of carbonyl (C=O) groups is 2. The van der Waals surface area contributed by atoms with Gasteiger partial charge in [0.25, 0.3) is 5.56 Å². The zero-order valence-electron chi connectivity index (χ0n) is 23.3. The number of rotatable bonds is 7. The lowest BCUT2D eigenvalue weighted by atomic mass is 9.79. The highest BCUT2D eigenvalue weighted by Gasteiger charge is 2.51. The van der Waals surface area contributed by atoms with E-state index in [1.54, 1.807) is 33.0 Å². The van der Waals surface area contributed by atoms with Crippen LogP contribution in [0.25, 0.3) is 5.57 Å². The molecule has 1 spiro atoms. The predicted octanol–water partition coefficient (Wildman–Crippen LogP) is 4.62. The molecule has 216 valence electrons. The van der Waals surface area contributed by atoms with Crippen LogP contribution in [0.15, 0.2) is 81.9 Å². The van der Waals surface area contributed by atoms with Crippen LogP contribution in [0.5, 0.6) is 0 Å². The Morgan fingerprint density at radius 3 is 2.69 bits per heavy atom. The summed E-state index contributed by atoms with van der Waals surface area (Å²) in [6.45, 7) is 8.24. The molecule has 2 aromatic heterocycles. The lowest BCUT2D eigenvalue weighted by molar-refractivity contribution is -0.120. The summed E-state index contributed by atoms with van der Waals surface area (Å²) in [6.07, 6.45) is 6.36. The first-order valence-corrected chi connectivity index (χ1v) is 13.8. The molecule has 11 heteroatoms. The van der Waals surface area contributed by atoms with Gasteiger partial charge in [0.05, 0.1) is 16.0 Å². The molecule has 1 aromatic carbocycles. The van der Waals surface area contributed by atoms with Crippen molar-refractivity contribution in [2.45, 2.75) is 51.6 Å². The summed E-state index contributed by atoms with van der Waals surface area (Å²) in [5, 5.41) is 5.30. The Bertz CT molecular complexity index is 1840. The van der Waals surface area contributed by atoms with E-state index in [1.165, 1.54) is 12.3 Å². The Balaban J connectivity index is 1.41. The van der Waals surface area contributed by atoms with Crippen LogP contribution in [-0.2, 0) is 34.4 Å². The number of aromatic nitrogens is 3. The first-order valence-electron chi connectivity index (χ1n) is 13.4. The zero-order valence-corrected chi connectivity index (χ0v) is 24.1. The van der Waals surface area contributed by atoms with Crippen molar-refractivity contribution in [2.24, 2.45) is 0 Å². The molecule has 42 heavy (non-hydrogen) atoms. The number of anilines is 2. The zero-order chi connectivity index (χ0) is 30.3. The van der Waals surface area contributed by atoms with Crippen molar-refractivity contribution in [2.75, 3.05) is 10.6 Å². The topological polar surface area (TPSA) is 115 Å². The van der Waals surface area contributed by atoms with Gasteiger partial charge in [-0.3, -0.25) is 23.5 Å². The molecule has 3 heterocycles. The number of benzene rings is 1. The molecular formula is C31H29ClFN5O4. The van der Waals surface area contributed by atoms with Crippen molar-refractivity contribution in [1.29, 1.82) is 0 Å². The molecule has 2 aliphatic rings. The molecule has 0 radical (unpaired) electrons. The third-order valence-corrected chi connectivity index (χ3v) is 8.00. The highest BCUT2D eigenvalue weighted by Crippen LogP contribution is 2.46. The molecule has 0 fully saturated rings. The van der Waals surface area contributed by atoms with Gasteiger partial charge in [-0.05, 0) is 69.0 Å². The fourth-order valence-corrected chi connectivity index (χ4v) is 5.74. The molecule has 1 aliphatic carbocycles. The fraction of sp³-hybridized carbons (Fsp3) is 0.258.